The zero-order chi connectivity index (χ0) is 42.3. The van der Waals surface area contributed by atoms with Gasteiger partial charge >= 0.3 is 0 Å². The van der Waals surface area contributed by atoms with Gasteiger partial charge in [-0.05, 0) is 136 Å². The van der Waals surface area contributed by atoms with Crippen LogP contribution in [0.3, 0.4) is 0 Å². The summed E-state index contributed by atoms with van der Waals surface area (Å²) < 4.78 is 39.3. The number of hydrogen-bond acceptors (Lipinski definition) is 12. The van der Waals surface area contributed by atoms with E-state index >= 15 is 0 Å². The molecule has 13 nitrogen and oxygen atoms in total. The molecule has 61 heavy (non-hydrogen) atoms. The Labute approximate surface area is 358 Å². The summed E-state index contributed by atoms with van der Waals surface area (Å²) in [5, 5.41) is 4.61. The third-order valence-electron chi connectivity index (χ3n) is 13.2. The number of aryl methyl sites for hydroxylation is 1. The van der Waals surface area contributed by atoms with Crippen molar-refractivity contribution in [1.82, 2.24) is 34.5 Å². The van der Waals surface area contributed by atoms with E-state index in [1.807, 2.05) is 12.3 Å². The highest BCUT2D eigenvalue weighted by molar-refractivity contribution is 7.91. The second kappa shape index (κ2) is 16.9. The van der Waals surface area contributed by atoms with Gasteiger partial charge in [-0.2, -0.15) is 4.98 Å². The maximum atomic E-state index is 12.9. The highest BCUT2D eigenvalue weighted by Crippen LogP contribution is 2.44. The normalized spacial score (nSPS) is 19.9. The van der Waals surface area contributed by atoms with E-state index in [1.54, 1.807) is 20.2 Å². The van der Waals surface area contributed by atoms with Crippen LogP contribution >= 0.6 is 0 Å². The van der Waals surface area contributed by atoms with Crippen molar-refractivity contribution >= 4 is 38.3 Å². The second-order valence-electron chi connectivity index (χ2n) is 17.3. The van der Waals surface area contributed by atoms with Crippen LogP contribution in [0.2, 0.25) is 0 Å². The summed E-state index contributed by atoms with van der Waals surface area (Å²) in [6.07, 6.45) is 11.0. The lowest BCUT2D eigenvalue weighted by Crippen LogP contribution is -2.42. The maximum Gasteiger partial charge on any atom is 0.240 e. The van der Waals surface area contributed by atoms with Crippen molar-refractivity contribution < 1.29 is 22.7 Å². The minimum Gasteiger partial charge on any atom is -0.480 e. The first-order chi connectivity index (χ1) is 29.6. The number of anilines is 2. The zero-order valence-electron chi connectivity index (χ0n) is 35.7. The summed E-state index contributed by atoms with van der Waals surface area (Å²) >= 11 is 0. The van der Waals surface area contributed by atoms with E-state index in [2.05, 4.69) is 76.2 Å². The van der Waals surface area contributed by atoms with Crippen LogP contribution in [0.4, 0.5) is 11.5 Å². The Balaban J connectivity index is 0.909. The molecule has 2 saturated heterocycles. The fourth-order valence-electron chi connectivity index (χ4n) is 9.33. The average molecular weight is 845 g/mol. The summed E-state index contributed by atoms with van der Waals surface area (Å²) in [5.41, 5.74) is 10.6. The van der Waals surface area contributed by atoms with Crippen molar-refractivity contribution in [3.05, 3.63) is 94.6 Å². The molecule has 4 aliphatic rings. The molecule has 14 heteroatoms. The molecule has 2 aliphatic carbocycles. The summed E-state index contributed by atoms with van der Waals surface area (Å²) in [7, 11) is -1.99. The van der Waals surface area contributed by atoms with Crippen molar-refractivity contribution in [2.75, 3.05) is 38.6 Å². The number of carbonyl (C=O) groups is 1. The number of amides is 1. The molecule has 1 amide bonds. The smallest absolute Gasteiger partial charge is 0.240 e. The number of aromatic nitrogens is 4. The molecule has 2 aliphatic heterocycles. The average Bonchev–Trinajstić information content (AvgIpc) is 3.61. The predicted molar refractivity (Wildman–Crippen MR) is 236 cm³/mol. The van der Waals surface area contributed by atoms with E-state index in [-0.39, 0.29) is 12.0 Å². The predicted octanol–water partition coefficient (Wildman–Crippen LogP) is 7.45. The number of fused-ring (bicyclic) bond motifs is 2. The number of nitrogens with one attached hydrogen (secondary N) is 2. The van der Waals surface area contributed by atoms with Gasteiger partial charge in [0.2, 0.25) is 27.7 Å². The van der Waals surface area contributed by atoms with Gasteiger partial charge in [0.25, 0.3) is 0 Å². The van der Waals surface area contributed by atoms with Gasteiger partial charge in [-0.25, -0.2) is 18.4 Å². The van der Waals surface area contributed by atoms with Crippen LogP contribution in [0.15, 0.2) is 60.9 Å². The molecule has 5 heterocycles. The number of benzene rings is 2. The molecule has 0 unspecified atom stereocenters. The molecule has 0 bridgehead atoms. The first-order valence-corrected chi connectivity index (χ1v) is 23.4. The van der Waals surface area contributed by atoms with Crippen molar-refractivity contribution in [3.8, 4) is 22.9 Å². The highest BCUT2D eigenvalue weighted by Gasteiger charge is 2.51. The lowest BCUT2D eigenvalue weighted by molar-refractivity contribution is -0.122. The molecule has 320 valence electrons. The highest BCUT2D eigenvalue weighted by atomic mass is 32.2. The van der Waals surface area contributed by atoms with Gasteiger partial charge in [-0.1, -0.05) is 44.2 Å². The Hall–Kier alpha value is -5.18. The molecular formula is C47H56N8O5S. The van der Waals surface area contributed by atoms with Gasteiger partial charge in [0.1, 0.15) is 23.0 Å². The minimum absolute atomic E-state index is 0.142. The SMILES string of the molecule is CCc1nc(CN2CCCC2)c(OC)nc1O[C@@H]1CCc2c(-c3cccc(Nc4nccc5cc(CN6CC[C@@H](C(=O)NS(=O)(=O)C7(C)CC7)C6)cnc45)c3CC)cccc21. The Morgan fingerprint density at radius 1 is 0.902 bits per heavy atom. The van der Waals surface area contributed by atoms with E-state index in [1.165, 1.54) is 40.7 Å². The van der Waals surface area contributed by atoms with Gasteiger partial charge in [0.15, 0.2) is 5.82 Å². The van der Waals surface area contributed by atoms with Gasteiger partial charge in [-0.3, -0.25) is 24.3 Å². The molecule has 2 N–H and O–H groups in total. The Kier molecular flexibility index (Phi) is 11.4. The van der Waals surface area contributed by atoms with Gasteiger partial charge in [0.05, 0.1) is 17.8 Å². The zero-order valence-corrected chi connectivity index (χ0v) is 36.5. The van der Waals surface area contributed by atoms with E-state index in [9.17, 15) is 13.2 Å². The van der Waals surface area contributed by atoms with Crippen LogP contribution in [0.5, 0.6) is 11.8 Å². The summed E-state index contributed by atoms with van der Waals surface area (Å²) in [6.45, 7) is 10.7. The van der Waals surface area contributed by atoms with Crippen LogP contribution in [0.25, 0.3) is 22.0 Å². The first-order valence-electron chi connectivity index (χ1n) is 21.9. The number of likely N-dealkylation sites (tertiary alicyclic amines) is 2. The number of rotatable bonds is 15. The van der Waals surface area contributed by atoms with Crippen molar-refractivity contribution in [2.24, 2.45) is 5.92 Å². The van der Waals surface area contributed by atoms with Crippen LogP contribution in [-0.4, -0.2) is 82.1 Å². The van der Waals surface area contributed by atoms with Crippen LogP contribution < -0.4 is 19.5 Å². The summed E-state index contributed by atoms with van der Waals surface area (Å²) in [5.74, 6) is 1.02. The summed E-state index contributed by atoms with van der Waals surface area (Å²) in [4.78, 5) is 37.0. The van der Waals surface area contributed by atoms with E-state index < -0.39 is 20.7 Å². The number of nitrogens with zero attached hydrogens (tertiary/aromatic N) is 6. The topological polar surface area (TPSA) is 152 Å². The van der Waals surface area contributed by atoms with E-state index in [0.29, 0.717) is 56.5 Å². The van der Waals surface area contributed by atoms with Gasteiger partial charge in [-0.15, -0.1) is 0 Å². The van der Waals surface area contributed by atoms with Gasteiger partial charge < -0.3 is 14.8 Å². The molecule has 2 atom stereocenters. The Morgan fingerprint density at radius 3 is 2.48 bits per heavy atom. The molecule has 0 spiro atoms. The number of hydrogen-bond donors (Lipinski definition) is 2. The van der Waals surface area contributed by atoms with Crippen molar-refractivity contribution in [3.63, 3.8) is 0 Å². The van der Waals surface area contributed by atoms with Crippen molar-refractivity contribution in [2.45, 2.75) is 102 Å². The maximum absolute atomic E-state index is 12.9. The largest absolute Gasteiger partial charge is 0.480 e. The number of methoxy groups -OCH3 is 1. The summed E-state index contributed by atoms with van der Waals surface area (Å²) in [6, 6.07) is 17.0. The molecule has 3 fully saturated rings. The molecule has 9 rings (SSSR count). The number of sulfonamides is 1. The first kappa shape index (κ1) is 41.2. The fraction of sp³-hybridized carbons (Fsp3) is 0.468. The quantitative estimate of drug-likeness (QED) is 0.108. The molecule has 2 aromatic carbocycles. The van der Waals surface area contributed by atoms with Crippen LogP contribution in [-0.2, 0) is 47.2 Å². The lowest BCUT2D eigenvalue weighted by atomic mass is 9.91. The number of pyridine rings is 2. The van der Waals surface area contributed by atoms with E-state index in [4.69, 9.17) is 29.4 Å². The molecule has 3 aromatic heterocycles. The number of ether oxygens (including phenoxy) is 2. The van der Waals surface area contributed by atoms with Crippen LogP contribution in [0.1, 0.15) is 99.0 Å². The second-order valence-corrected chi connectivity index (χ2v) is 19.5. The molecule has 5 aromatic rings. The standard InChI is InChI=1S/C47H56N8O5S/c1-5-33-34(35-11-9-13-37-36(35)15-16-41(37)60-46-38(6-2)50-40(45(52-46)59-4)29-54-22-7-8-23-54)12-10-14-39(33)51-43-42-31(17-21-48-43)25-30(26-49-42)27-55-24-18-32(28-55)44(56)53-61(57,58)47(3)19-20-47/h9-14,17,21,25-26,32,41H,5-8,15-16,18-20,22-24,27-29H2,1-4H3,(H,48,51)(H,53,56)/t32-,41-/m1/s1. The lowest BCUT2D eigenvalue weighted by Gasteiger charge is -2.21. The monoisotopic (exact) mass is 844 g/mol. The third kappa shape index (κ3) is 8.29. The van der Waals surface area contributed by atoms with Gasteiger partial charge in [0, 0.05) is 43.1 Å². The minimum atomic E-state index is -3.65. The van der Waals surface area contributed by atoms with Crippen LogP contribution in [0, 0.1) is 5.92 Å². The Morgan fingerprint density at radius 2 is 1.70 bits per heavy atom. The number of carbonyl (C=O) groups excluding carboxylic acids is 1. The molecule has 0 radical (unpaired) electrons. The van der Waals surface area contributed by atoms with Crippen molar-refractivity contribution in [1.29, 1.82) is 0 Å². The third-order valence-corrected chi connectivity index (χ3v) is 15.3. The molecule has 1 saturated carbocycles. The fourth-order valence-corrected chi connectivity index (χ4v) is 10.6. The van der Waals surface area contributed by atoms with E-state index in [0.717, 1.165) is 78.9 Å². The molecular weight excluding hydrogens is 789 g/mol. The Bertz CT molecular complexity index is 2570.